The van der Waals surface area contributed by atoms with Crippen LogP contribution in [0.25, 0.3) is 0 Å². The SMILES string of the molecule is COc1ccc(NC(=O)CNCCC2CCOC2)cc1. The fourth-order valence-corrected chi connectivity index (χ4v) is 2.20. The van der Waals surface area contributed by atoms with Crippen LogP contribution in [0.3, 0.4) is 0 Å². The molecule has 2 N–H and O–H groups in total. The maximum absolute atomic E-state index is 11.7. The number of benzene rings is 1. The Balaban J connectivity index is 1.61. The molecule has 110 valence electrons. The van der Waals surface area contributed by atoms with E-state index in [2.05, 4.69) is 10.6 Å². The minimum atomic E-state index is -0.0298. The molecule has 1 heterocycles. The van der Waals surface area contributed by atoms with Gasteiger partial charge in [-0.3, -0.25) is 4.79 Å². The zero-order chi connectivity index (χ0) is 14.2. The lowest BCUT2D eigenvalue weighted by Crippen LogP contribution is -2.29. The molecular weight excluding hydrogens is 256 g/mol. The summed E-state index contributed by atoms with van der Waals surface area (Å²) >= 11 is 0. The molecule has 1 saturated heterocycles. The number of amides is 1. The minimum Gasteiger partial charge on any atom is -0.497 e. The van der Waals surface area contributed by atoms with Crippen LogP contribution in [0.4, 0.5) is 5.69 Å². The molecule has 0 aliphatic carbocycles. The summed E-state index contributed by atoms with van der Waals surface area (Å²) in [5.41, 5.74) is 0.779. The largest absolute Gasteiger partial charge is 0.497 e. The van der Waals surface area contributed by atoms with E-state index in [1.807, 2.05) is 24.3 Å². The molecule has 1 fully saturated rings. The predicted octanol–water partition coefficient (Wildman–Crippen LogP) is 1.65. The Labute approximate surface area is 119 Å². The van der Waals surface area contributed by atoms with Crippen LogP contribution in [0.5, 0.6) is 5.75 Å². The molecule has 1 aliphatic rings. The van der Waals surface area contributed by atoms with E-state index in [4.69, 9.17) is 9.47 Å². The highest BCUT2D eigenvalue weighted by Gasteiger charge is 2.14. The van der Waals surface area contributed by atoms with Gasteiger partial charge in [-0.2, -0.15) is 0 Å². The Morgan fingerprint density at radius 1 is 1.40 bits per heavy atom. The topological polar surface area (TPSA) is 59.6 Å². The van der Waals surface area contributed by atoms with Crippen LogP contribution in [0.15, 0.2) is 24.3 Å². The van der Waals surface area contributed by atoms with Crippen molar-refractivity contribution in [3.05, 3.63) is 24.3 Å². The van der Waals surface area contributed by atoms with Gasteiger partial charge >= 0.3 is 0 Å². The Hall–Kier alpha value is -1.59. The molecule has 0 bridgehead atoms. The number of anilines is 1. The van der Waals surface area contributed by atoms with Gasteiger partial charge in [-0.05, 0) is 49.6 Å². The summed E-state index contributed by atoms with van der Waals surface area (Å²) < 4.78 is 10.4. The summed E-state index contributed by atoms with van der Waals surface area (Å²) in [6.45, 7) is 2.92. The van der Waals surface area contributed by atoms with Gasteiger partial charge in [-0.1, -0.05) is 0 Å². The van der Waals surface area contributed by atoms with E-state index in [1.165, 1.54) is 0 Å². The fourth-order valence-electron chi connectivity index (χ4n) is 2.20. The first-order valence-corrected chi connectivity index (χ1v) is 7.00. The number of rotatable bonds is 7. The van der Waals surface area contributed by atoms with Crippen LogP contribution < -0.4 is 15.4 Å². The van der Waals surface area contributed by atoms with Crippen molar-refractivity contribution in [3.63, 3.8) is 0 Å². The van der Waals surface area contributed by atoms with Crippen LogP contribution in [0.1, 0.15) is 12.8 Å². The third-order valence-corrected chi connectivity index (χ3v) is 3.41. The van der Waals surface area contributed by atoms with E-state index in [1.54, 1.807) is 7.11 Å². The molecule has 1 atom stereocenters. The maximum atomic E-state index is 11.7. The van der Waals surface area contributed by atoms with E-state index in [9.17, 15) is 4.79 Å². The van der Waals surface area contributed by atoms with Crippen molar-refractivity contribution in [1.82, 2.24) is 5.32 Å². The summed E-state index contributed by atoms with van der Waals surface area (Å²) in [5, 5.41) is 6.00. The summed E-state index contributed by atoms with van der Waals surface area (Å²) in [6, 6.07) is 7.30. The molecular formula is C15H22N2O3. The molecule has 5 heteroatoms. The number of hydrogen-bond acceptors (Lipinski definition) is 4. The van der Waals surface area contributed by atoms with Gasteiger partial charge in [0.25, 0.3) is 0 Å². The number of hydrogen-bond donors (Lipinski definition) is 2. The van der Waals surface area contributed by atoms with E-state index in [0.29, 0.717) is 12.5 Å². The second-order valence-corrected chi connectivity index (χ2v) is 4.97. The van der Waals surface area contributed by atoms with Gasteiger partial charge in [0.1, 0.15) is 5.75 Å². The van der Waals surface area contributed by atoms with Crippen LogP contribution in [0, 0.1) is 5.92 Å². The van der Waals surface area contributed by atoms with Gasteiger partial charge in [0, 0.05) is 18.9 Å². The Morgan fingerprint density at radius 3 is 2.85 bits per heavy atom. The standard InChI is InChI=1S/C15H22N2O3/c1-19-14-4-2-13(3-5-14)17-15(18)10-16-8-6-12-7-9-20-11-12/h2-5,12,16H,6-11H2,1H3,(H,17,18). The van der Waals surface area contributed by atoms with Gasteiger partial charge in [-0.25, -0.2) is 0 Å². The van der Waals surface area contributed by atoms with Gasteiger partial charge < -0.3 is 20.1 Å². The number of nitrogens with one attached hydrogen (secondary N) is 2. The number of methoxy groups -OCH3 is 1. The summed E-state index contributed by atoms with van der Waals surface area (Å²) in [7, 11) is 1.62. The van der Waals surface area contributed by atoms with Crippen molar-refractivity contribution < 1.29 is 14.3 Å². The average molecular weight is 278 g/mol. The molecule has 20 heavy (non-hydrogen) atoms. The van der Waals surface area contributed by atoms with E-state index in [0.717, 1.165) is 44.0 Å². The normalized spacial score (nSPS) is 17.9. The van der Waals surface area contributed by atoms with Crippen LogP contribution in [-0.4, -0.2) is 39.3 Å². The molecule has 1 unspecified atom stereocenters. The first-order chi connectivity index (χ1) is 9.78. The monoisotopic (exact) mass is 278 g/mol. The molecule has 1 aromatic carbocycles. The van der Waals surface area contributed by atoms with E-state index in [-0.39, 0.29) is 5.91 Å². The molecule has 1 aromatic rings. The zero-order valence-electron chi connectivity index (χ0n) is 11.9. The van der Waals surface area contributed by atoms with Crippen molar-refractivity contribution in [1.29, 1.82) is 0 Å². The second-order valence-electron chi connectivity index (χ2n) is 4.97. The second kappa shape index (κ2) is 7.87. The Morgan fingerprint density at radius 2 is 2.20 bits per heavy atom. The molecule has 0 saturated carbocycles. The molecule has 0 aromatic heterocycles. The Kier molecular flexibility index (Phi) is 5.83. The Bertz CT molecular complexity index is 414. The summed E-state index contributed by atoms with van der Waals surface area (Å²) in [4.78, 5) is 11.7. The summed E-state index contributed by atoms with van der Waals surface area (Å²) in [6.07, 6.45) is 2.20. The van der Waals surface area contributed by atoms with E-state index < -0.39 is 0 Å². The molecule has 5 nitrogen and oxygen atoms in total. The lowest BCUT2D eigenvalue weighted by molar-refractivity contribution is -0.115. The average Bonchev–Trinajstić information content (AvgIpc) is 2.98. The lowest BCUT2D eigenvalue weighted by atomic mass is 10.1. The lowest BCUT2D eigenvalue weighted by Gasteiger charge is -2.09. The molecule has 2 rings (SSSR count). The minimum absolute atomic E-state index is 0.0298. The third kappa shape index (κ3) is 4.83. The molecule has 1 amide bonds. The van der Waals surface area contributed by atoms with Gasteiger partial charge in [0.15, 0.2) is 0 Å². The van der Waals surface area contributed by atoms with Crippen molar-refractivity contribution in [2.45, 2.75) is 12.8 Å². The van der Waals surface area contributed by atoms with Gasteiger partial charge in [-0.15, -0.1) is 0 Å². The summed E-state index contributed by atoms with van der Waals surface area (Å²) in [5.74, 6) is 1.39. The smallest absolute Gasteiger partial charge is 0.238 e. The van der Waals surface area contributed by atoms with Gasteiger partial charge in [0.05, 0.1) is 13.7 Å². The third-order valence-electron chi connectivity index (χ3n) is 3.41. The molecule has 1 aliphatic heterocycles. The van der Waals surface area contributed by atoms with Crippen LogP contribution in [0.2, 0.25) is 0 Å². The van der Waals surface area contributed by atoms with Crippen molar-refractivity contribution >= 4 is 11.6 Å². The van der Waals surface area contributed by atoms with E-state index >= 15 is 0 Å². The van der Waals surface area contributed by atoms with Crippen molar-refractivity contribution in [2.75, 3.05) is 38.7 Å². The highest BCUT2D eigenvalue weighted by Crippen LogP contribution is 2.15. The number of carbonyl (C=O) groups is 1. The maximum Gasteiger partial charge on any atom is 0.238 e. The van der Waals surface area contributed by atoms with Crippen LogP contribution in [-0.2, 0) is 9.53 Å². The first kappa shape index (κ1) is 14.8. The van der Waals surface area contributed by atoms with Gasteiger partial charge in [0.2, 0.25) is 5.91 Å². The predicted molar refractivity (Wildman–Crippen MR) is 78.0 cm³/mol. The zero-order valence-corrected chi connectivity index (χ0v) is 11.9. The highest BCUT2D eigenvalue weighted by atomic mass is 16.5. The van der Waals surface area contributed by atoms with Crippen molar-refractivity contribution in [3.8, 4) is 5.75 Å². The highest BCUT2D eigenvalue weighted by molar-refractivity contribution is 5.92. The molecule has 0 spiro atoms. The molecule has 0 radical (unpaired) electrons. The quantitative estimate of drug-likeness (QED) is 0.745. The number of ether oxygens (including phenoxy) is 2. The fraction of sp³-hybridized carbons (Fsp3) is 0.533. The van der Waals surface area contributed by atoms with Crippen LogP contribution >= 0.6 is 0 Å². The first-order valence-electron chi connectivity index (χ1n) is 7.00. The number of carbonyl (C=O) groups excluding carboxylic acids is 1. The van der Waals surface area contributed by atoms with Crippen molar-refractivity contribution in [2.24, 2.45) is 5.92 Å².